The van der Waals surface area contributed by atoms with Crippen molar-refractivity contribution in [2.24, 2.45) is 7.05 Å². The molecule has 0 aliphatic carbocycles. The fourth-order valence-corrected chi connectivity index (χ4v) is 2.54. The molecule has 1 heterocycles. The van der Waals surface area contributed by atoms with Crippen molar-refractivity contribution in [1.82, 2.24) is 15.1 Å². The number of aryl methyl sites for hydroxylation is 2. The Kier molecular flexibility index (Phi) is 6.94. The lowest BCUT2D eigenvalue weighted by Gasteiger charge is -2.11. The first-order valence-corrected chi connectivity index (χ1v) is 8.76. The van der Waals surface area contributed by atoms with Gasteiger partial charge in [-0.1, -0.05) is 19.8 Å². The average molecular weight is 360 g/mol. The van der Waals surface area contributed by atoms with Gasteiger partial charge in [-0.05, 0) is 55.9 Å². The highest BCUT2D eigenvalue weighted by molar-refractivity contribution is 7.80. The number of hydrogen-bond donors (Lipinski definition) is 2. The van der Waals surface area contributed by atoms with E-state index in [0.717, 1.165) is 30.2 Å². The van der Waals surface area contributed by atoms with Crippen molar-refractivity contribution >= 4 is 28.9 Å². The van der Waals surface area contributed by atoms with Crippen LogP contribution in [0.4, 0.5) is 5.69 Å². The van der Waals surface area contributed by atoms with E-state index in [1.165, 1.54) is 17.5 Å². The van der Waals surface area contributed by atoms with E-state index in [2.05, 4.69) is 22.7 Å². The SMILES string of the molecule is CCCCCOc1ccc(NC(=S)NC(=O)c2cc(C)nn2C)cc1. The zero-order valence-corrected chi connectivity index (χ0v) is 15.7. The molecule has 0 spiro atoms. The number of hydrogen-bond acceptors (Lipinski definition) is 4. The maximum atomic E-state index is 12.2. The minimum Gasteiger partial charge on any atom is -0.494 e. The summed E-state index contributed by atoms with van der Waals surface area (Å²) < 4.78 is 7.19. The number of benzene rings is 1. The number of amides is 1. The number of thiocarbonyl (C=S) groups is 1. The van der Waals surface area contributed by atoms with Gasteiger partial charge in [-0.25, -0.2) is 0 Å². The fourth-order valence-electron chi connectivity index (χ4n) is 2.33. The molecule has 1 aromatic heterocycles. The molecule has 1 amide bonds. The zero-order valence-electron chi connectivity index (χ0n) is 14.8. The van der Waals surface area contributed by atoms with Gasteiger partial charge in [-0.2, -0.15) is 5.10 Å². The monoisotopic (exact) mass is 360 g/mol. The van der Waals surface area contributed by atoms with Gasteiger partial charge in [-0.3, -0.25) is 14.8 Å². The molecule has 1 aromatic carbocycles. The van der Waals surface area contributed by atoms with Crippen LogP contribution in [0.15, 0.2) is 30.3 Å². The van der Waals surface area contributed by atoms with E-state index < -0.39 is 0 Å². The highest BCUT2D eigenvalue weighted by Crippen LogP contribution is 2.16. The van der Waals surface area contributed by atoms with Crippen molar-refractivity contribution in [1.29, 1.82) is 0 Å². The first-order valence-electron chi connectivity index (χ1n) is 8.35. The van der Waals surface area contributed by atoms with Gasteiger partial charge in [0.2, 0.25) is 0 Å². The Morgan fingerprint density at radius 2 is 2.00 bits per heavy atom. The minimum atomic E-state index is -0.295. The minimum absolute atomic E-state index is 0.237. The second kappa shape index (κ2) is 9.17. The van der Waals surface area contributed by atoms with Crippen LogP contribution in [-0.4, -0.2) is 27.4 Å². The van der Waals surface area contributed by atoms with E-state index in [0.29, 0.717) is 5.69 Å². The first kappa shape index (κ1) is 18.9. The van der Waals surface area contributed by atoms with Gasteiger partial charge in [0.1, 0.15) is 11.4 Å². The number of anilines is 1. The summed E-state index contributed by atoms with van der Waals surface area (Å²) in [5, 5.41) is 10.0. The molecule has 0 radical (unpaired) electrons. The Morgan fingerprint density at radius 3 is 2.60 bits per heavy atom. The molecule has 2 rings (SSSR count). The van der Waals surface area contributed by atoms with Gasteiger partial charge in [-0.15, -0.1) is 0 Å². The topological polar surface area (TPSA) is 68.2 Å². The molecule has 0 fully saturated rings. The van der Waals surface area contributed by atoms with E-state index >= 15 is 0 Å². The van der Waals surface area contributed by atoms with Crippen molar-refractivity contribution in [3.8, 4) is 5.75 Å². The second-order valence-electron chi connectivity index (χ2n) is 5.78. The highest BCUT2D eigenvalue weighted by Gasteiger charge is 2.13. The molecule has 0 aliphatic rings. The Labute approximate surface area is 153 Å². The Morgan fingerprint density at radius 1 is 1.28 bits per heavy atom. The van der Waals surface area contributed by atoms with Crippen LogP contribution in [-0.2, 0) is 7.05 Å². The summed E-state index contributed by atoms with van der Waals surface area (Å²) in [7, 11) is 1.72. The number of carbonyl (C=O) groups is 1. The predicted molar refractivity (Wildman–Crippen MR) is 103 cm³/mol. The van der Waals surface area contributed by atoms with E-state index in [9.17, 15) is 4.79 Å². The summed E-state index contributed by atoms with van der Waals surface area (Å²) in [6.45, 7) is 4.72. The van der Waals surface area contributed by atoms with Crippen LogP contribution >= 0.6 is 12.2 Å². The summed E-state index contributed by atoms with van der Waals surface area (Å²) in [6.07, 6.45) is 3.40. The molecule has 6 nitrogen and oxygen atoms in total. The Hall–Kier alpha value is -2.41. The van der Waals surface area contributed by atoms with E-state index in [1.54, 1.807) is 13.1 Å². The molecule has 134 valence electrons. The van der Waals surface area contributed by atoms with E-state index in [1.807, 2.05) is 31.2 Å². The van der Waals surface area contributed by atoms with Crippen molar-refractivity contribution in [2.45, 2.75) is 33.1 Å². The van der Waals surface area contributed by atoms with Gasteiger partial charge < -0.3 is 10.1 Å². The van der Waals surface area contributed by atoms with E-state index in [4.69, 9.17) is 17.0 Å². The quantitative estimate of drug-likeness (QED) is 0.585. The largest absolute Gasteiger partial charge is 0.494 e. The van der Waals surface area contributed by atoms with Crippen molar-refractivity contribution in [3.05, 3.63) is 41.7 Å². The molecule has 2 aromatic rings. The van der Waals surface area contributed by atoms with Gasteiger partial charge >= 0.3 is 0 Å². The van der Waals surface area contributed by atoms with Crippen LogP contribution in [0.25, 0.3) is 0 Å². The third kappa shape index (κ3) is 5.86. The van der Waals surface area contributed by atoms with E-state index in [-0.39, 0.29) is 11.0 Å². The summed E-state index contributed by atoms with van der Waals surface area (Å²) in [5.41, 5.74) is 2.02. The lowest BCUT2D eigenvalue weighted by atomic mass is 10.2. The smallest absolute Gasteiger partial charge is 0.275 e. The van der Waals surface area contributed by atoms with Crippen LogP contribution in [0.5, 0.6) is 5.75 Å². The number of unbranched alkanes of at least 4 members (excludes halogenated alkanes) is 2. The number of nitrogens with one attached hydrogen (secondary N) is 2. The number of nitrogens with zero attached hydrogens (tertiary/aromatic N) is 2. The first-order chi connectivity index (χ1) is 12.0. The van der Waals surface area contributed by atoms with Gasteiger partial charge in [0.25, 0.3) is 5.91 Å². The van der Waals surface area contributed by atoms with Crippen molar-refractivity contribution in [3.63, 3.8) is 0 Å². The molecule has 7 heteroatoms. The van der Waals surface area contributed by atoms with Crippen molar-refractivity contribution in [2.75, 3.05) is 11.9 Å². The molecule has 25 heavy (non-hydrogen) atoms. The number of rotatable bonds is 7. The maximum absolute atomic E-state index is 12.2. The van der Waals surface area contributed by atoms with Crippen LogP contribution < -0.4 is 15.4 Å². The van der Waals surface area contributed by atoms with Gasteiger partial charge in [0.05, 0.1) is 12.3 Å². The molecule has 0 aliphatic heterocycles. The maximum Gasteiger partial charge on any atom is 0.275 e. The molecule has 2 N–H and O–H groups in total. The summed E-state index contributed by atoms with van der Waals surface area (Å²) in [6, 6.07) is 9.19. The molecule has 0 bridgehead atoms. The predicted octanol–water partition coefficient (Wildman–Crippen LogP) is 3.42. The summed E-state index contributed by atoms with van der Waals surface area (Å²) >= 11 is 5.19. The lowest BCUT2D eigenvalue weighted by Crippen LogP contribution is -2.35. The average Bonchev–Trinajstić information content (AvgIpc) is 2.91. The summed E-state index contributed by atoms with van der Waals surface area (Å²) in [5.74, 6) is 0.526. The third-order valence-corrected chi connectivity index (χ3v) is 3.79. The second-order valence-corrected chi connectivity index (χ2v) is 6.19. The zero-order chi connectivity index (χ0) is 18.2. The number of aromatic nitrogens is 2. The number of carbonyl (C=O) groups excluding carboxylic acids is 1. The van der Waals surface area contributed by atoms with Crippen LogP contribution in [0, 0.1) is 6.92 Å². The van der Waals surface area contributed by atoms with Crippen molar-refractivity contribution < 1.29 is 9.53 Å². The standard InChI is InChI=1S/C18H24N4O2S/c1-4-5-6-11-24-15-9-7-14(8-10-15)19-18(25)20-17(23)16-12-13(2)21-22(16)3/h7-10,12H,4-6,11H2,1-3H3,(H2,19,20,23,25). The highest BCUT2D eigenvalue weighted by atomic mass is 32.1. The van der Waals surface area contributed by atoms with Crippen LogP contribution in [0.1, 0.15) is 42.4 Å². The van der Waals surface area contributed by atoms with Gasteiger partial charge in [0, 0.05) is 12.7 Å². The molecule has 0 atom stereocenters. The lowest BCUT2D eigenvalue weighted by molar-refractivity contribution is 0.0968. The molecule has 0 unspecified atom stereocenters. The normalized spacial score (nSPS) is 10.4. The van der Waals surface area contributed by atoms with Crippen LogP contribution in [0.3, 0.4) is 0 Å². The Bertz CT molecular complexity index is 725. The molecule has 0 saturated heterocycles. The van der Waals surface area contributed by atoms with Crippen LogP contribution in [0.2, 0.25) is 0 Å². The fraction of sp³-hybridized carbons (Fsp3) is 0.389. The Balaban J connectivity index is 1.84. The molecule has 0 saturated carbocycles. The summed E-state index contributed by atoms with van der Waals surface area (Å²) in [4.78, 5) is 12.2. The number of ether oxygens (including phenoxy) is 1. The van der Waals surface area contributed by atoms with Gasteiger partial charge in [0.15, 0.2) is 5.11 Å². The molecular formula is C18H24N4O2S. The molecular weight excluding hydrogens is 336 g/mol. The third-order valence-electron chi connectivity index (χ3n) is 3.59.